The van der Waals surface area contributed by atoms with Crippen molar-refractivity contribution in [2.24, 2.45) is 0 Å². The Kier molecular flexibility index (Phi) is 7.96. The van der Waals surface area contributed by atoms with Gasteiger partial charge in [-0.05, 0) is 25.7 Å². The first-order chi connectivity index (χ1) is 8.33. The summed E-state index contributed by atoms with van der Waals surface area (Å²) >= 11 is 0. The predicted molar refractivity (Wildman–Crippen MR) is 63.7 cm³/mol. The molecule has 1 fully saturated rings. The van der Waals surface area contributed by atoms with Crippen molar-refractivity contribution in [2.75, 3.05) is 33.0 Å². The number of hydrogen-bond acceptors (Lipinski definition) is 4. The summed E-state index contributed by atoms with van der Waals surface area (Å²) in [5.74, 6) is 0.0479. The van der Waals surface area contributed by atoms with Gasteiger partial charge in [-0.25, -0.2) is 0 Å². The second kappa shape index (κ2) is 9.39. The maximum Gasteiger partial charge on any atom is 0.220 e. The zero-order chi connectivity index (χ0) is 12.3. The lowest BCUT2D eigenvalue weighted by molar-refractivity contribution is -0.122. The topological polar surface area (TPSA) is 67.8 Å². The Balaban J connectivity index is 1.93. The Hall–Kier alpha value is -0.650. The minimum absolute atomic E-state index is 0.0208. The number of aliphatic hydroxyl groups is 1. The molecule has 0 bridgehead atoms. The molecule has 100 valence electrons. The predicted octanol–water partition coefficient (Wildman–Crippen LogP) is 0.461. The number of nitrogens with one attached hydrogen (secondary N) is 1. The summed E-state index contributed by atoms with van der Waals surface area (Å²) in [6.45, 7) is 2.14. The Bertz CT molecular complexity index is 205. The Morgan fingerprint density at radius 3 is 3.00 bits per heavy atom. The monoisotopic (exact) mass is 245 g/mol. The van der Waals surface area contributed by atoms with Crippen LogP contribution in [0.2, 0.25) is 0 Å². The highest BCUT2D eigenvalue weighted by molar-refractivity contribution is 5.75. The largest absolute Gasteiger partial charge is 0.394 e. The zero-order valence-corrected chi connectivity index (χ0v) is 10.3. The van der Waals surface area contributed by atoms with Crippen LogP contribution in [0.1, 0.15) is 32.1 Å². The SMILES string of the molecule is O=C(CCC1CCCCO1)NCCOCCO. The molecule has 0 aromatic heterocycles. The van der Waals surface area contributed by atoms with E-state index in [1.165, 1.54) is 6.42 Å². The highest BCUT2D eigenvalue weighted by Crippen LogP contribution is 2.16. The summed E-state index contributed by atoms with van der Waals surface area (Å²) in [5, 5.41) is 11.3. The minimum Gasteiger partial charge on any atom is -0.394 e. The Morgan fingerprint density at radius 2 is 2.29 bits per heavy atom. The molecule has 1 atom stereocenters. The Morgan fingerprint density at radius 1 is 1.41 bits per heavy atom. The molecule has 0 spiro atoms. The van der Waals surface area contributed by atoms with Crippen LogP contribution in [-0.2, 0) is 14.3 Å². The van der Waals surface area contributed by atoms with Gasteiger partial charge in [0.1, 0.15) is 0 Å². The minimum atomic E-state index is 0.0208. The third-order valence-corrected chi connectivity index (χ3v) is 2.77. The number of carbonyl (C=O) groups is 1. The van der Waals surface area contributed by atoms with E-state index in [9.17, 15) is 4.79 Å². The third-order valence-electron chi connectivity index (χ3n) is 2.77. The second-order valence-electron chi connectivity index (χ2n) is 4.21. The van der Waals surface area contributed by atoms with E-state index in [-0.39, 0.29) is 18.6 Å². The molecule has 1 heterocycles. The van der Waals surface area contributed by atoms with Gasteiger partial charge in [0.05, 0.1) is 25.9 Å². The van der Waals surface area contributed by atoms with Gasteiger partial charge in [0.2, 0.25) is 5.91 Å². The van der Waals surface area contributed by atoms with Gasteiger partial charge in [-0.2, -0.15) is 0 Å². The molecule has 1 amide bonds. The smallest absolute Gasteiger partial charge is 0.220 e. The summed E-state index contributed by atoms with van der Waals surface area (Å²) in [5.41, 5.74) is 0. The van der Waals surface area contributed by atoms with Crippen molar-refractivity contribution < 1.29 is 19.4 Å². The lowest BCUT2D eigenvalue weighted by atomic mass is 10.0. The highest BCUT2D eigenvalue weighted by Gasteiger charge is 2.14. The van der Waals surface area contributed by atoms with Gasteiger partial charge in [0, 0.05) is 19.6 Å². The number of carbonyl (C=O) groups excluding carboxylic acids is 1. The van der Waals surface area contributed by atoms with Crippen LogP contribution in [0, 0.1) is 0 Å². The van der Waals surface area contributed by atoms with Gasteiger partial charge >= 0.3 is 0 Å². The van der Waals surface area contributed by atoms with Gasteiger partial charge in [-0.1, -0.05) is 0 Å². The van der Waals surface area contributed by atoms with Crippen LogP contribution >= 0.6 is 0 Å². The second-order valence-corrected chi connectivity index (χ2v) is 4.21. The molecule has 5 nitrogen and oxygen atoms in total. The average Bonchev–Trinajstić information content (AvgIpc) is 2.37. The first-order valence-electron chi connectivity index (χ1n) is 6.40. The molecule has 1 aliphatic heterocycles. The Labute approximate surface area is 102 Å². The van der Waals surface area contributed by atoms with E-state index in [1.54, 1.807) is 0 Å². The van der Waals surface area contributed by atoms with Crippen molar-refractivity contribution in [3.8, 4) is 0 Å². The van der Waals surface area contributed by atoms with Crippen LogP contribution in [-0.4, -0.2) is 50.1 Å². The van der Waals surface area contributed by atoms with E-state index < -0.39 is 0 Å². The van der Waals surface area contributed by atoms with Crippen molar-refractivity contribution >= 4 is 5.91 Å². The van der Waals surface area contributed by atoms with Crippen molar-refractivity contribution in [1.82, 2.24) is 5.32 Å². The molecule has 1 unspecified atom stereocenters. The lowest BCUT2D eigenvalue weighted by Crippen LogP contribution is -2.29. The van der Waals surface area contributed by atoms with Gasteiger partial charge < -0.3 is 19.9 Å². The van der Waals surface area contributed by atoms with E-state index in [0.717, 1.165) is 25.9 Å². The first kappa shape index (κ1) is 14.4. The fourth-order valence-electron chi connectivity index (χ4n) is 1.84. The fourth-order valence-corrected chi connectivity index (χ4v) is 1.84. The highest BCUT2D eigenvalue weighted by atomic mass is 16.5. The van der Waals surface area contributed by atoms with Gasteiger partial charge in [0.15, 0.2) is 0 Å². The van der Waals surface area contributed by atoms with Gasteiger partial charge in [0.25, 0.3) is 0 Å². The number of ether oxygens (including phenoxy) is 2. The molecule has 2 N–H and O–H groups in total. The zero-order valence-electron chi connectivity index (χ0n) is 10.3. The molecule has 1 rings (SSSR count). The lowest BCUT2D eigenvalue weighted by Gasteiger charge is -2.22. The van der Waals surface area contributed by atoms with E-state index in [2.05, 4.69) is 5.32 Å². The van der Waals surface area contributed by atoms with Gasteiger partial charge in [-0.15, -0.1) is 0 Å². The summed E-state index contributed by atoms with van der Waals surface area (Å²) in [6, 6.07) is 0. The van der Waals surface area contributed by atoms with E-state index >= 15 is 0 Å². The molecule has 1 saturated heterocycles. The molecule has 0 aromatic carbocycles. The maximum atomic E-state index is 11.4. The van der Waals surface area contributed by atoms with Gasteiger partial charge in [-0.3, -0.25) is 4.79 Å². The molecular formula is C12H23NO4. The third kappa shape index (κ3) is 7.31. The summed E-state index contributed by atoms with van der Waals surface area (Å²) in [7, 11) is 0. The van der Waals surface area contributed by atoms with Crippen LogP contribution in [0.5, 0.6) is 0 Å². The van der Waals surface area contributed by atoms with Crippen molar-refractivity contribution in [2.45, 2.75) is 38.2 Å². The van der Waals surface area contributed by atoms with Crippen LogP contribution in [0.25, 0.3) is 0 Å². The molecule has 5 heteroatoms. The van der Waals surface area contributed by atoms with Crippen LogP contribution in [0.15, 0.2) is 0 Å². The normalized spacial score (nSPS) is 20.2. The van der Waals surface area contributed by atoms with Crippen LogP contribution < -0.4 is 5.32 Å². The summed E-state index contributed by atoms with van der Waals surface area (Å²) < 4.78 is 10.6. The molecule has 17 heavy (non-hydrogen) atoms. The van der Waals surface area contributed by atoms with Crippen molar-refractivity contribution in [1.29, 1.82) is 0 Å². The summed E-state index contributed by atoms with van der Waals surface area (Å²) in [4.78, 5) is 11.4. The fraction of sp³-hybridized carbons (Fsp3) is 0.917. The molecule has 0 aliphatic carbocycles. The maximum absolute atomic E-state index is 11.4. The molecule has 0 aromatic rings. The van der Waals surface area contributed by atoms with Crippen LogP contribution in [0.3, 0.4) is 0 Å². The molecular weight excluding hydrogens is 222 g/mol. The van der Waals surface area contributed by atoms with E-state index in [0.29, 0.717) is 26.2 Å². The number of rotatable bonds is 8. The summed E-state index contributed by atoms with van der Waals surface area (Å²) in [6.07, 6.45) is 5.02. The number of aliphatic hydroxyl groups excluding tert-OH is 1. The van der Waals surface area contributed by atoms with Crippen molar-refractivity contribution in [3.63, 3.8) is 0 Å². The van der Waals surface area contributed by atoms with Crippen LogP contribution in [0.4, 0.5) is 0 Å². The first-order valence-corrected chi connectivity index (χ1v) is 6.40. The molecule has 0 saturated carbocycles. The number of amides is 1. The van der Waals surface area contributed by atoms with Crippen molar-refractivity contribution in [3.05, 3.63) is 0 Å². The number of hydrogen-bond donors (Lipinski definition) is 2. The molecule has 0 radical (unpaired) electrons. The van der Waals surface area contributed by atoms with E-state index in [4.69, 9.17) is 14.6 Å². The van der Waals surface area contributed by atoms with E-state index in [1.807, 2.05) is 0 Å². The average molecular weight is 245 g/mol. The standard InChI is InChI=1S/C12H23NO4/c14-7-10-16-9-6-13-12(15)5-4-11-3-1-2-8-17-11/h11,14H,1-10H2,(H,13,15). The molecule has 1 aliphatic rings. The quantitative estimate of drug-likeness (QED) is 0.610.